The third-order valence-corrected chi connectivity index (χ3v) is 2.96. The topological polar surface area (TPSA) is 81.4 Å². The predicted octanol–water partition coefficient (Wildman–Crippen LogP) is 2.68. The van der Waals surface area contributed by atoms with E-state index in [1.165, 1.54) is 31.5 Å². The number of rotatable bonds is 3. The van der Waals surface area contributed by atoms with Crippen molar-refractivity contribution >= 4 is 29.2 Å². The lowest BCUT2D eigenvalue weighted by molar-refractivity contribution is 0.0600. The van der Waals surface area contributed by atoms with Crippen LogP contribution < -0.4 is 5.32 Å². The van der Waals surface area contributed by atoms with Crippen molar-refractivity contribution < 1.29 is 18.8 Å². The molecule has 1 N–H and O–H groups in total. The summed E-state index contributed by atoms with van der Waals surface area (Å²) in [5, 5.41) is 6.42. The maximum absolute atomic E-state index is 12.0. The summed E-state index contributed by atoms with van der Waals surface area (Å²) in [5.41, 5.74) is 0.888. The van der Waals surface area contributed by atoms with Crippen LogP contribution in [0.2, 0.25) is 5.02 Å². The number of nitrogens with zero attached hydrogens (tertiary/aromatic N) is 1. The summed E-state index contributed by atoms with van der Waals surface area (Å²) >= 11 is 5.98. The van der Waals surface area contributed by atoms with E-state index in [0.717, 1.165) is 0 Å². The zero-order chi connectivity index (χ0) is 14.7. The minimum atomic E-state index is -0.515. The first kappa shape index (κ1) is 14.1. The molecule has 2 rings (SSSR count). The third kappa shape index (κ3) is 2.80. The van der Waals surface area contributed by atoms with Crippen LogP contribution in [0.15, 0.2) is 28.9 Å². The van der Waals surface area contributed by atoms with Gasteiger partial charge in [0.15, 0.2) is 0 Å². The molecule has 0 fully saturated rings. The van der Waals surface area contributed by atoms with Gasteiger partial charge in [0.2, 0.25) is 0 Å². The van der Waals surface area contributed by atoms with Gasteiger partial charge in [-0.2, -0.15) is 0 Å². The average Bonchev–Trinajstić information content (AvgIpc) is 2.86. The van der Waals surface area contributed by atoms with Gasteiger partial charge in [-0.3, -0.25) is 4.79 Å². The molecule has 2 aromatic rings. The number of aryl methyl sites for hydroxylation is 1. The molecule has 1 heterocycles. The van der Waals surface area contributed by atoms with Gasteiger partial charge in [-0.05, 0) is 25.1 Å². The molecule has 104 valence electrons. The normalized spacial score (nSPS) is 10.2. The van der Waals surface area contributed by atoms with Crippen molar-refractivity contribution in [2.24, 2.45) is 0 Å². The monoisotopic (exact) mass is 294 g/mol. The van der Waals surface area contributed by atoms with Crippen molar-refractivity contribution in [2.45, 2.75) is 6.92 Å². The highest BCUT2D eigenvalue weighted by Gasteiger charge is 2.16. The number of nitrogens with one attached hydrogen (secondary N) is 1. The molecular weight excluding hydrogens is 284 g/mol. The van der Waals surface area contributed by atoms with E-state index in [1.54, 1.807) is 6.92 Å². The first-order valence-corrected chi connectivity index (χ1v) is 6.01. The van der Waals surface area contributed by atoms with Gasteiger partial charge in [0.1, 0.15) is 11.3 Å². The van der Waals surface area contributed by atoms with E-state index >= 15 is 0 Å². The third-order valence-electron chi connectivity index (χ3n) is 2.63. The number of aromatic nitrogens is 1. The summed E-state index contributed by atoms with van der Waals surface area (Å²) in [6, 6.07) is 4.45. The second kappa shape index (κ2) is 5.75. The molecule has 0 bridgehead atoms. The fraction of sp³-hybridized carbons (Fsp3) is 0.154. The Bertz CT molecular complexity index is 666. The van der Waals surface area contributed by atoms with Crippen LogP contribution in [0.1, 0.15) is 26.5 Å². The predicted molar refractivity (Wildman–Crippen MR) is 72.0 cm³/mol. The Morgan fingerprint density at radius 2 is 2.15 bits per heavy atom. The van der Waals surface area contributed by atoms with Crippen LogP contribution in [0.3, 0.4) is 0 Å². The summed E-state index contributed by atoms with van der Waals surface area (Å²) in [7, 11) is 1.27. The first-order valence-electron chi connectivity index (χ1n) is 5.63. The van der Waals surface area contributed by atoms with E-state index in [2.05, 4.69) is 15.2 Å². The molecule has 6 nitrogen and oxygen atoms in total. The maximum Gasteiger partial charge on any atom is 0.337 e. The fourth-order valence-electron chi connectivity index (χ4n) is 1.57. The molecule has 0 saturated carbocycles. The zero-order valence-corrected chi connectivity index (χ0v) is 11.5. The number of ether oxygens (including phenoxy) is 1. The Morgan fingerprint density at radius 3 is 2.75 bits per heavy atom. The van der Waals surface area contributed by atoms with Crippen molar-refractivity contribution in [2.75, 3.05) is 12.4 Å². The molecule has 0 unspecified atom stereocenters. The summed E-state index contributed by atoms with van der Waals surface area (Å²) in [6.45, 7) is 1.62. The molecule has 0 radical (unpaired) electrons. The van der Waals surface area contributed by atoms with Gasteiger partial charge in [0.25, 0.3) is 5.91 Å². The zero-order valence-electron chi connectivity index (χ0n) is 10.8. The number of carbonyl (C=O) groups excluding carboxylic acids is 2. The number of benzene rings is 1. The van der Waals surface area contributed by atoms with E-state index in [-0.39, 0.29) is 5.56 Å². The van der Waals surface area contributed by atoms with Crippen molar-refractivity contribution in [3.05, 3.63) is 46.3 Å². The van der Waals surface area contributed by atoms with Crippen molar-refractivity contribution in [3.63, 3.8) is 0 Å². The van der Waals surface area contributed by atoms with Gasteiger partial charge in [-0.25, -0.2) is 4.79 Å². The molecule has 0 saturated heterocycles. The standard InChI is InChI=1S/C13H11ClN2O4/c1-7-9(6-15-20-7)12(17)16-11-5-8(13(18)19-2)3-4-10(11)14/h3-6H,1-2H3,(H,16,17). The number of halogens is 1. The molecule has 0 atom stereocenters. The number of hydrogen-bond donors (Lipinski definition) is 1. The number of esters is 1. The summed E-state index contributed by atoms with van der Waals surface area (Å²) in [5.74, 6) is -0.547. The second-order valence-electron chi connectivity index (χ2n) is 3.94. The van der Waals surface area contributed by atoms with Gasteiger partial charge >= 0.3 is 5.97 Å². The SMILES string of the molecule is COC(=O)c1ccc(Cl)c(NC(=O)c2cnoc2C)c1. The molecule has 7 heteroatoms. The number of methoxy groups -OCH3 is 1. The largest absolute Gasteiger partial charge is 0.465 e. The van der Waals surface area contributed by atoms with Crippen LogP contribution in [0.25, 0.3) is 0 Å². The number of carbonyl (C=O) groups is 2. The number of amides is 1. The van der Waals surface area contributed by atoms with Gasteiger partial charge < -0.3 is 14.6 Å². The molecule has 1 aromatic carbocycles. The van der Waals surface area contributed by atoms with E-state index in [0.29, 0.717) is 22.0 Å². The van der Waals surface area contributed by atoms with Crippen molar-refractivity contribution in [3.8, 4) is 0 Å². The molecular formula is C13H11ClN2O4. The number of anilines is 1. The fourth-order valence-corrected chi connectivity index (χ4v) is 1.74. The average molecular weight is 295 g/mol. The highest BCUT2D eigenvalue weighted by Crippen LogP contribution is 2.24. The highest BCUT2D eigenvalue weighted by molar-refractivity contribution is 6.34. The van der Waals surface area contributed by atoms with E-state index in [9.17, 15) is 9.59 Å². The lowest BCUT2D eigenvalue weighted by Crippen LogP contribution is -2.13. The lowest BCUT2D eigenvalue weighted by Gasteiger charge is -2.08. The summed E-state index contributed by atoms with van der Waals surface area (Å²) in [4.78, 5) is 23.5. The van der Waals surface area contributed by atoms with Crippen LogP contribution >= 0.6 is 11.6 Å². The van der Waals surface area contributed by atoms with Crippen LogP contribution in [0.4, 0.5) is 5.69 Å². The van der Waals surface area contributed by atoms with Gasteiger partial charge in [-0.15, -0.1) is 0 Å². The molecule has 0 aliphatic rings. The second-order valence-corrected chi connectivity index (χ2v) is 4.34. The quantitative estimate of drug-likeness (QED) is 0.880. The molecule has 0 aliphatic carbocycles. The van der Waals surface area contributed by atoms with Gasteiger partial charge in [-0.1, -0.05) is 16.8 Å². The summed E-state index contributed by atoms with van der Waals surface area (Å²) in [6.07, 6.45) is 1.31. The van der Waals surface area contributed by atoms with Crippen LogP contribution in [-0.2, 0) is 4.74 Å². The molecule has 1 aromatic heterocycles. The Labute approximate surface area is 119 Å². The smallest absolute Gasteiger partial charge is 0.337 e. The summed E-state index contributed by atoms with van der Waals surface area (Å²) < 4.78 is 9.42. The molecule has 20 heavy (non-hydrogen) atoms. The minimum absolute atomic E-state index is 0.286. The van der Waals surface area contributed by atoms with Gasteiger partial charge in [0, 0.05) is 0 Å². The van der Waals surface area contributed by atoms with Crippen LogP contribution in [-0.4, -0.2) is 24.1 Å². The minimum Gasteiger partial charge on any atom is -0.465 e. The molecule has 0 spiro atoms. The van der Waals surface area contributed by atoms with E-state index in [1.807, 2.05) is 0 Å². The number of hydrogen-bond acceptors (Lipinski definition) is 5. The highest BCUT2D eigenvalue weighted by atomic mass is 35.5. The Morgan fingerprint density at radius 1 is 1.40 bits per heavy atom. The molecule has 1 amide bonds. The maximum atomic E-state index is 12.0. The van der Waals surface area contributed by atoms with Gasteiger partial charge in [0.05, 0.1) is 29.6 Å². The van der Waals surface area contributed by atoms with Crippen molar-refractivity contribution in [1.29, 1.82) is 0 Å². The van der Waals surface area contributed by atoms with E-state index in [4.69, 9.17) is 16.1 Å². The molecule has 0 aliphatic heterocycles. The van der Waals surface area contributed by atoms with E-state index < -0.39 is 11.9 Å². The lowest BCUT2D eigenvalue weighted by atomic mass is 10.2. The van der Waals surface area contributed by atoms with Crippen molar-refractivity contribution in [1.82, 2.24) is 5.16 Å². The van der Waals surface area contributed by atoms with Crippen LogP contribution in [0.5, 0.6) is 0 Å². The Kier molecular flexibility index (Phi) is 4.05. The Hall–Kier alpha value is -2.34. The van der Waals surface area contributed by atoms with Crippen LogP contribution in [0, 0.1) is 6.92 Å². The Balaban J connectivity index is 2.27. The first-order chi connectivity index (χ1) is 9.52.